The number of hydrogen-bond acceptors (Lipinski definition) is 2. The van der Waals surface area contributed by atoms with Crippen molar-refractivity contribution in [3.05, 3.63) is 11.8 Å². The minimum atomic E-state index is -2.89. The van der Waals surface area contributed by atoms with E-state index < -0.39 is 23.7 Å². The number of nitrogens with one attached hydrogen (secondary N) is 1. The van der Waals surface area contributed by atoms with Gasteiger partial charge in [0.05, 0.1) is 0 Å². The van der Waals surface area contributed by atoms with Gasteiger partial charge >= 0.3 is 0 Å². The van der Waals surface area contributed by atoms with Crippen LogP contribution in [-0.2, 0) is 11.8 Å². The van der Waals surface area contributed by atoms with Crippen LogP contribution in [0.1, 0.15) is 19.0 Å². The Kier molecular flexibility index (Phi) is 2.09. The van der Waals surface area contributed by atoms with Crippen molar-refractivity contribution >= 4 is 11.7 Å². The molecule has 0 bridgehead atoms. The number of halogens is 2. The fourth-order valence-corrected chi connectivity index (χ4v) is 1.52. The van der Waals surface area contributed by atoms with E-state index in [1.807, 2.05) is 6.92 Å². The first-order chi connectivity index (χ1) is 7.26. The van der Waals surface area contributed by atoms with E-state index in [0.717, 1.165) is 5.69 Å². The molecule has 0 radical (unpaired) electrons. The third-order valence-corrected chi connectivity index (χ3v) is 3.11. The molecule has 6 heteroatoms. The first kappa shape index (κ1) is 11.0. The van der Waals surface area contributed by atoms with Crippen LogP contribution in [0.3, 0.4) is 0 Å². The number of carbonyl (C=O) groups is 1. The average molecular weight is 229 g/mol. The summed E-state index contributed by atoms with van der Waals surface area (Å²) in [4.78, 5) is 11.6. The Morgan fingerprint density at radius 3 is 2.56 bits per heavy atom. The van der Waals surface area contributed by atoms with E-state index >= 15 is 0 Å². The van der Waals surface area contributed by atoms with Gasteiger partial charge in [-0.3, -0.25) is 9.48 Å². The van der Waals surface area contributed by atoms with Crippen LogP contribution in [0.25, 0.3) is 0 Å². The highest BCUT2D eigenvalue weighted by Gasteiger charge is 2.72. The van der Waals surface area contributed by atoms with Gasteiger partial charge in [0.15, 0.2) is 5.82 Å². The summed E-state index contributed by atoms with van der Waals surface area (Å²) in [5.41, 5.74) is -0.721. The molecule has 1 saturated carbocycles. The number of nitrogens with zero attached hydrogens (tertiary/aromatic N) is 2. The largest absolute Gasteiger partial charge is 0.309 e. The summed E-state index contributed by atoms with van der Waals surface area (Å²) >= 11 is 0. The first-order valence-corrected chi connectivity index (χ1v) is 4.96. The molecule has 1 aliphatic carbocycles. The van der Waals surface area contributed by atoms with Crippen molar-refractivity contribution in [2.24, 2.45) is 12.5 Å². The summed E-state index contributed by atoms with van der Waals surface area (Å²) in [5.74, 6) is -3.24. The minimum Gasteiger partial charge on any atom is -0.309 e. The summed E-state index contributed by atoms with van der Waals surface area (Å²) < 4.78 is 27.4. The molecule has 0 aromatic carbocycles. The molecule has 1 atom stereocenters. The number of hydrogen-bond donors (Lipinski definition) is 1. The second kappa shape index (κ2) is 3.02. The van der Waals surface area contributed by atoms with Crippen molar-refractivity contribution in [1.82, 2.24) is 9.78 Å². The van der Waals surface area contributed by atoms with Crippen molar-refractivity contribution in [1.29, 1.82) is 0 Å². The number of rotatable bonds is 2. The molecular formula is C10H13F2N3O. The lowest BCUT2D eigenvalue weighted by atomic mass is 10.1. The Balaban J connectivity index is 2.09. The molecule has 16 heavy (non-hydrogen) atoms. The van der Waals surface area contributed by atoms with E-state index in [-0.39, 0.29) is 0 Å². The predicted molar refractivity (Wildman–Crippen MR) is 54.2 cm³/mol. The summed E-state index contributed by atoms with van der Waals surface area (Å²) in [6.07, 6.45) is -0.391. The molecule has 1 unspecified atom stereocenters. The van der Waals surface area contributed by atoms with E-state index in [4.69, 9.17) is 0 Å². The van der Waals surface area contributed by atoms with Crippen LogP contribution in [0.5, 0.6) is 0 Å². The maximum absolute atomic E-state index is 12.9. The summed E-state index contributed by atoms with van der Waals surface area (Å²) in [7, 11) is 1.72. The van der Waals surface area contributed by atoms with Crippen LogP contribution in [0.4, 0.5) is 14.6 Å². The number of carbonyl (C=O) groups excluding carboxylic acids is 1. The summed E-state index contributed by atoms with van der Waals surface area (Å²) in [6.45, 7) is 3.08. The van der Waals surface area contributed by atoms with E-state index in [1.54, 1.807) is 17.8 Å². The molecule has 1 fully saturated rings. The highest BCUT2D eigenvalue weighted by molar-refractivity contribution is 5.97. The van der Waals surface area contributed by atoms with Crippen molar-refractivity contribution < 1.29 is 13.6 Å². The van der Waals surface area contributed by atoms with E-state index in [9.17, 15) is 13.6 Å². The monoisotopic (exact) mass is 229 g/mol. The molecule has 0 spiro atoms. The zero-order valence-electron chi connectivity index (χ0n) is 9.34. The molecular weight excluding hydrogens is 216 g/mol. The van der Waals surface area contributed by atoms with Gasteiger partial charge in [0.2, 0.25) is 5.91 Å². The maximum atomic E-state index is 12.9. The van der Waals surface area contributed by atoms with Gasteiger partial charge in [-0.1, -0.05) is 0 Å². The fraction of sp³-hybridized carbons (Fsp3) is 0.600. The number of aromatic nitrogens is 2. The maximum Gasteiger partial charge on any atom is 0.263 e. The zero-order chi connectivity index (χ0) is 12.1. The SMILES string of the molecule is Cc1cc(NC(=O)C2(C)CC2(F)F)nn1C. The van der Waals surface area contributed by atoms with E-state index in [0.29, 0.717) is 5.82 Å². The van der Waals surface area contributed by atoms with Crippen LogP contribution in [0.15, 0.2) is 6.07 Å². The highest BCUT2D eigenvalue weighted by Crippen LogP contribution is 2.60. The lowest BCUT2D eigenvalue weighted by molar-refractivity contribution is -0.123. The van der Waals surface area contributed by atoms with Gasteiger partial charge in [-0.15, -0.1) is 0 Å². The normalized spacial score (nSPS) is 26.6. The molecule has 1 N–H and O–H groups in total. The van der Waals surface area contributed by atoms with Gasteiger partial charge in [-0.2, -0.15) is 5.10 Å². The van der Waals surface area contributed by atoms with Crippen molar-refractivity contribution in [2.75, 3.05) is 5.32 Å². The van der Waals surface area contributed by atoms with Gasteiger partial charge in [-0.05, 0) is 13.8 Å². The standard InChI is InChI=1S/C10H13F2N3O/c1-6-4-7(14-15(6)3)13-8(16)9(2)5-10(9,11)12/h4H,5H2,1-3H3,(H,13,14,16). The van der Waals surface area contributed by atoms with Crippen molar-refractivity contribution in [3.63, 3.8) is 0 Å². The Morgan fingerprint density at radius 2 is 2.19 bits per heavy atom. The Bertz CT molecular complexity index is 435. The van der Waals surface area contributed by atoms with E-state index in [2.05, 4.69) is 10.4 Å². The molecule has 2 rings (SSSR count). The topological polar surface area (TPSA) is 46.9 Å². The fourth-order valence-electron chi connectivity index (χ4n) is 1.52. The van der Waals surface area contributed by atoms with Crippen LogP contribution in [0.2, 0.25) is 0 Å². The van der Waals surface area contributed by atoms with Crippen molar-refractivity contribution in [3.8, 4) is 0 Å². The predicted octanol–water partition coefficient (Wildman–Crippen LogP) is 1.71. The number of anilines is 1. The molecule has 1 aromatic heterocycles. The summed E-state index contributed by atoms with van der Waals surface area (Å²) in [6, 6.07) is 1.64. The summed E-state index contributed by atoms with van der Waals surface area (Å²) in [5, 5.41) is 6.39. The molecule has 1 heterocycles. The Hall–Kier alpha value is -1.46. The smallest absolute Gasteiger partial charge is 0.263 e. The second-order valence-electron chi connectivity index (χ2n) is 4.46. The quantitative estimate of drug-likeness (QED) is 0.839. The lowest BCUT2D eigenvalue weighted by Crippen LogP contribution is -2.26. The molecule has 1 amide bonds. The molecule has 88 valence electrons. The first-order valence-electron chi connectivity index (χ1n) is 4.96. The van der Waals surface area contributed by atoms with Crippen LogP contribution < -0.4 is 5.32 Å². The zero-order valence-corrected chi connectivity index (χ0v) is 9.34. The molecule has 1 aliphatic rings. The molecule has 0 saturated heterocycles. The third-order valence-electron chi connectivity index (χ3n) is 3.11. The lowest BCUT2D eigenvalue weighted by Gasteiger charge is -2.08. The van der Waals surface area contributed by atoms with E-state index in [1.165, 1.54) is 6.92 Å². The number of alkyl halides is 2. The van der Waals surface area contributed by atoms with Crippen molar-refractivity contribution in [2.45, 2.75) is 26.2 Å². The second-order valence-corrected chi connectivity index (χ2v) is 4.46. The molecule has 4 nitrogen and oxygen atoms in total. The Labute approximate surface area is 91.6 Å². The Morgan fingerprint density at radius 1 is 1.62 bits per heavy atom. The molecule has 1 aromatic rings. The van der Waals surface area contributed by atoms with Gasteiger partial charge in [-0.25, -0.2) is 8.78 Å². The van der Waals surface area contributed by atoms with Gasteiger partial charge in [0.25, 0.3) is 5.92 Å². The van der Waals surface area contributed by atoms with Crippen LogP contribution in [0, 0.1) is 12.3 Å². The van der Waals surface area contributed by atoms with Gasteiger partial charge in [0.1, 0.15) is 5.41 Å². The van der Waals surface area contributed by atoms with Crippen LogP contribution in [-0.4, -0.2) is 21.6 Å². The van der Waals surface area contributed by atoms with Crippen LogP contribution >= 0.6 is 0 Å². The average Bonchev–Trinajstić information content (AvgIpc) is 2.49. The number of amides is 1. The number of aryl methyl sites for hydroxylation is 2. The highest BCUT2D eigenvalue weighted by atomic mass is 19.3. The minimum absolute atomic E-state index is 0.314. The van der Waals surface area contributed by atoms with Gasteiger partial charge < -0.3 is 5.32 Å². The molecule has 0 aliphatic heterocycles. The van der Waals surface area contributed by atoms with Gasteiger partial charge in [0, 0.05) is 25.2 Å². The third kappa shape index (κ3) is 1.48.